The summed E-state index contributed by atoms with van der Waals surface area (Å²) in [5.74, 6) is 1.50. The Morgan fingerprint density at radius 1 is 0.397 bits per heavy atom. The summed E-state index contributed by atoms with van der Waals surface area (Å²) in [5.41, 5.74) is 13.7. The normalized spacial score (nSPS) is 12.6. The van der Waals surface area contributed by atoms with Crippen LogP contribution in [0.15, 0.2) is 229 Å². The maximum absolute atomic E-state index is 7.11. The van der Waals surface area contributed by atoms with Gasteiger partial charge in [-0.2, -0.15) is 0 Å². The molecule has 1 heterocycles. The number of fused-ring (bicyclic) bond motifs is 6. The van der Waals surface area contributed by atoms with Crippen LogP contribution in [0.1, 0.15) is 22.3 Å². The molecule has 11 rings (SSSR count). The van der Waals surface area contributed by atoms with Crippen molar-refractivity contribution >= 4 is 39.0 Å². The first-order valence-electron chi connectivity index (χ1n) is 19.8. The molecule has 0 radical (unpaired) electrons. The third-order valence-electron chi connectivity index (χ3n) is 11.6. The lowest BCUT2D eigenvalue weighted by Crippen LogP contribution is -2.28. The van der Waals surface area contributed by atoms with Gasteiger partial charge in [-0.15, -0.1) is 0 Å². The average molecular weight is 744 g/mol. The molecular weight excluding hydrogens is 707 g/mol. The lowest BCUT2D eigenvalue weighted by atomic mass is 9.68. The van der Waals surface area contributed by atoms with E-state index in [1.165, 1.54) is 33.4 Å². The van der Waals surface area contributed by atoms with Crippen molar-refractivity contribution in [2.45, 2.75) is 5.41 Å². The summed E-state index contributed by atoms with van der Waals surface area (Å²) in [4.78, 5) is 2.30. The first kappa shape index (κ1) is 33.7. The molecule has 0 fully saturated rings. The minimum absolute atomic E-state index is 0.485. The van der Waals surface area contributed by atoms with E-state index in [0.717, 1.165) is 61.6 Å². The smallest absolute Gasteiger partial charge is 0.163 e. The summed E-state index contributed by atoms with van der Waals surface area (Å²) in [6.45, 7) is 0. The second kappa shape index (κ2) is 13.8. The van der Waals surface area contributed by atoms with Crippen LogP contribution >= 0.6 is 0 Å². The van der Waals surface area contributed by atoms with Crippen LogP contribution in [0.3, 0.4) is 0 Å². The second-order valence-electron chi connectivity index (χ2n) is 14.8. The van der Waals surface area contributed by atoms with E-state index in [0.29, 0.717) is 0 Å². The molecule has 10 aromatic rings. The molecule has 1 aliphatic carbocycles. The van der Waals surface area contributed by atoms with Gasteiger partial charge in [0.1, 0.15) is 17.1 Å². The number of rotatable bonds is 8. The molecule has 0 saturated carbocycles. The third-order valence-corrected chi connectivity index (χ3v) is 11.6. The Labute approximate surface area is 337 Å². The number of hydrogen-bond acceptors (Lipinski definition) is 3. The molecule has 0 amide bonds. The first-order chi connectivity index (χ1) is 28.8. The highest BCUT2D eigenvalue weighted by atomic mass is 16.5. The number of hydrogen-bond donors (Lipinski definition) is 0. The molecule has 274 valence electrons. The fraction of sp³-hybridized carbons (Fsp3) is 0.0182. The zero-order valence-electron chi connectivity index (χ0n) is 31.6. The Morgan fingerprint density at radius 2 is 0.931 bits per heavy atom. The molecular formula is C55H37NO2. The van der Waals surface area contributed by atoms with Crippen molar-refractivity contribution in [1.29, 1.82) is 0 Å². The van der Waals surface area contributed by atoms with Crippen molar-refractivity contribution in [3.05, 3.63) is 247 Å². The van der Waals surface area contributed by atoms with Crippen LogP contribution in [0.25, 0.3) is 44.2 Å². The summed E-state index contributed by atoms with van der Waals surface area (Å²) in [6.07, 6.45) is 0. The molecule has 0 unspecified atom stereocenters. The average Bonchev–Trinajstić information content (AvgIpc) is 3.84. The van der Waals surface area contributed by atoms with Gasteiger partial charge in [-0.3, -0.25) is 0 Å². The fourth-order valence-corrected chi connectivity index (χ4v) is 9.16. The molecule has 0 N–H and O–H groups in total. The Kier molecular flexibility index (Phi) is 8.04. The summed E-state index contributed by atoms with van der Waals surface area (Å²) in [6, 6.07) is 79.3. The van der Waals surface area contributed by atoms with Gasteiger partial charge in [0.05, 0.1) is 16.5 Å². The van der Waals surface area contributed by atoms with E-state index < -0.39 is 5.41 Å². The number of para-hydroxylation sites is 3. The maximum Gasteiger partial charge on any atom is 0.163 e. The molecule has 1 aromatic heterocycles. The van der Waals surface area contributed by atoms with Gasteiger partial charge in [-0.25, -0.2) is 0 Å². The molecule has 0 aliphatic heterocycles. The Balaban J connectivity index is 1.13. The highest BCUT2D eigenvalue weighted by molar-refractivity contribution is 6.16. The first-order valence-corrected chi connectivity index (χ1v) is 19.8. The van der Waals surface area contributed by atoms with Crippen LogP contribution < -0.4 is 9.64 Å². The van der Waals surface area contributed by atoms with Gasteiger partial charge in [0.15, 0.2) is 5.58 Å². The quantitative estimate of drug-likeness (QED) is 0.155. The van der Waals surface area contributed by atoms with Gasteiger partial charge in [-0.05, 0) is 87.5 Å². The van der Waals surface area contributed by atoms with E-state index in [1.807, 2.05) is 36.4 Å². The van der Waals surface area contributed by atoms with Gasteiger partial charge in [0.2, 0.25) is 0 Å². The minimum atomic E-state index is -0.485. The third kappa shape index (κ3) is 5.28. The van der Waals surface area contributed by atoms with Gasteiger partial charge < -0.3 is 14.1 Å². The molecule has 0 bridgehead atoms. The van der Waals surface area contributed by atoms with Gasteiger partial charge in [0, 0.05) is 22.3 Å². The molecule has 3 heteroatoms. The zero-order valence-corrected chi connectivity index (χ0v) is 31.6. The summed E-state index contributed by atoms with van der Waals surface area (Å²) >= 11 is 0. The SMILES string of the molecule is c1ccc(Oc2ccc(N(c3ccccc3)c3ccc(C4(c5ccccc5)c5ccccc5-c5ccccc54)cc3)c3oc4c(-c5ccccc5)cccc4c23)cc1. The van der Waals surface area contributed by atoms with E-state index in [1.54, 1.807) is 0 Å². The summed E-state index contributed by atoms with van der Waals surface area (Å²) in [5, 5.41) is 1.92. The Morgan fingerprint density at radius 3 is 1.60 bits per heavy atom. The van der Waals surface area contributed by atoms with E-state index in [4.69, 9.17) is 9.15 Å². The lowest BCUT2D eigenvalue weighted by molar-refractivity contribution is 0.488. The standard InChI is InChI=1S/C55H37NO2/c1-5-18-38(19-6-1)44-28-17-29-47-52-51(57-43-24-11-4-12-25-43)37-36-50(54(52)58-53(44)47)56(41-22-9-3-10-23-41)42-34-32-40(33-35-42)55(39-20-7-2-8-21-39)48-30-15-13-26-45(48)46-27-14-16-31-49(46)55/h1-37H. The monoisotopic (exact) mass is 743 g/mol. The molecule has 58 heavy (non-hydrogen) atoms. The van der Waals surface area contributed by atoms with Gasteiger partial charge in [-0.1, -0.05) is 176 Å². The summed E-state index contributed by atoms with van der Waals surface area (Å²) in [7, 11) is 0. The van der Waals surface area contributed by atoms with Crippen molar-refractivity contribution in [2.75, 3.05) is 4.90 Å². The van der Waals surface area contributed by atoms with Crippen LogP contribution in [0.2, 0.25) is 0 Å². The van der Waals surface area contributed by atoms with Crippen molar-refractivity contribution < 1.29 is 9.15 Å². The van der Waals surface area contributed by atoms with Crippen molar-refractivity contribution in [1.82, 2.24) is 0 Å². The van der Waals surface area contributed by atoms with Crippen molar-refractivity contribution in [3.63, 3.8) is 0 Å². The van der Waals surface area contributed by atoms with E-state index in [-0.39, 0.29) is 0 Å². The predicted molar refractivity (Wildman–Crippen MR) is 238 cm³/mol. The van der Waals surface area contributed by atoms with Crippen LogP contribution in [0.5, 0.6) is 11.5 Å². The topological polar surface area (TPSA) is 25.6 Å². The molecule has 0 spiro atoms. The van der Waals surface area contributed by atoms with E-state index in [9.17, 15) is 0 Å². The number of ether oxygens (including phenoxy) is 1. The number of furan rings is 1. The van der Waals surface area contributed by atoms with Crippen LogP contribution in [-0.2, 0) is 5.41 Å². The highest BCUT2D eigenvalue weighted by Gasteiger charge is 2.45. The highest BCUT2D eigenvalue weighted by Crippen LogP contribution is 2.56. The number of benzene rings is 9. The number of anilines is 3. The lowest BCUT2D eigenvalue weighted by Gasteiger charge is -2.34. The van der Waals surface area contributed by atoms with E-state index in [2.05, 4.69) is 193 Å². The van der Waals surface area contributed by atoms with E-state index >= 15 is 0 Å². The number of nitrogens with zero attached hydrogens (tertiary/aromatic N) is 1. The van der Waals surface area contributed by atoms with Crippen LogP contribution in [0.4, 0.5) is 17.1 Å². The zero-order chi connectivity index (χ0) is 38.5. The summed E-state index contributed by atoms with van der Waals surface area (Å²) < 4.78 is 13.8. The maximum atomic E-state index is 7.11. The fourth-order valence-electron chi connectivity index (χ4n) is 9.16. The minimum Gasteiger partial charge on any atom is -0.457 e. The Hall–Kier alpha value is -7.62. The van der Waals surface area contributed by atoms with Gasteiger partial charge >= 0.3 is 0 Å². The molecule has 0 atom stereocenters. The molecule has 9 aromatic carbocycles. The second-order valence-corrected chi connectivity index (χ2v) is 14.8. The van der Waals surface area contributed by atoms with Crippen LogP contribution in [0, 0.1) is 0 Å². The largest absolute Gasteiger partial charge is 0.457 e. The predicted octanol–water partition coefficient (Wildman–Crippen LogP) is 14.9. The van der Waals surface area contributed by atoms with Crippen LogP contribution in [-0.4, -0.2) is 0 Å². The molecule has 0 saturated heterocycles. The molecule has 1 aliphatic rings. The van der Waals surface area contributed by atoms with Crippen molar-refractivity contribution in [2.24, 2.45) is 0 Å². The van der Waals surface area contributed by atoms with Gasteiger partial charge in [0.25, 0.3) is 0 Å². The Bertz CT molecular complexity index is 3020. The molecule has 3 nitrogen and oxygen atoms in total. The van der Waals surface area contributed by atoms with Crippen molar-refractivity contribution in [3.8, 4) is 33.8 Å².